The largest absolute Gasteiger partial charge is 0.381 e. The average Bonchev–Trinajstić information content (AvgIpc) is 3.07. The number of nitrogens with zero attached hydrogens (tertiary/aromatic N) is 1. The summed E-state index contributed by atoms with van der Waals surface area (Å²) in [6.07, 6.45) is 1.81. The van der Waals surface area contributed by atoms with E-state index in [2.05, 4.69) is 10.0 Å². The normalized spacial score (nSPS) is 19.1. The van der Waals surface area contributed by atoms with E-state index in [1.165, 1.54) is 16.4 Å². The zero-order chi connectivity index (χ0) is 21.3. The number of benzene rings is 2. The highest BCUT2D eigenvalue weighted by Gasteiger charge is 2.29. The number of carbonyl (C=O) groups excluding carboxylic acids is 1. The summed E-state index contributed by atoms with van der Waals surface area (Å²) < 4.78 is 33.3. The van der Waals surface area contributed by atoms with E-state index < -0.39 is 16.1 Å². The first-order chi connectivity index (χ1) is 14.3. The van der Waals surface area contributed by atoms with Crippen LogP contribution in [-0.4, -0.2) is 40.6 Å². The van der Waals surface area contributed by atoms with E-state index in [0.717, 1.165) is 18.4 Å². The minimum Gasteiger partial charge on any atom is -0.381 e. The number of hydrogen-bond acceptors (Lipinski definition) is 4. The van der Waals surface area contributed by atoms with E-state index in [4.69, 9.17) is 27.9 Å². The van der Waals surface area contributed by atoms with Gasteiger partial charge in [0.05, 0.1) is 16.3 Å². The van der Waals surface area contributed by atoms with Gasteiger partial charge < -0.3 is 10.1 Å². The summed E-state index contributed by atoms with van der Waals surface area (Å²) in [6, 6.07) is 10.1. The highest BCUT2D eigenvalue weighted by molar-refractivity contribution is 7.91. The van der Waals surface area contributed by atoms with Crippen LogP contribution in [0.5, 0.6) is 0 Å². The second-order valence-electron chi connectivity index (χ2n) is 7.25. The Bertz CT molecular complexity index is 1070. The molecule has 2 fully saturated rings. The molecular weight excluding hydrogens is 449 g/mol. The molecule has 1 amide bonds. The summed E-state index contributed by atoms with van der Waals surface area (Å²) in [6.45, 7) is 2.00. The van der Waals surface area contributed by atoms with Gasteiger partial charge in [-0.25, -0.2) is 0 Å². The van der Waals surface area contributed by atoms with Crippen molar-refractivity contribution in [2.75, 3.05) is 35.9 Å². The van der Waals surface area contributed by atoms with Crippen molar-refractivity contribution in [3.63, 3.8) is 0 Å². The summed E-state index contributed by atoms with van der Waals surface area (Å²) in [5, 5.41) is 3.60. The van der Waals surface area contributed by atoms with Gasteiger partial charge in [-0.15, -0.1) is 0 Å². The first-order valence-corrected chi connectivity index (χ1v) is 11.8. The van der Waals surface area contributed by atoms with Gasteiger partial charge in [0, 0.05) is 37.0 Å². The fourth-order valence-corrected chi connectivity index (χ4v) is 5.41. The van der Waals surface area contributed by atoms with E-state index in [0.29, 0.717) is 42.1 Å². The Labute approximate surface area is 185 Å². The Morgan fingerprint density at radius 2 is 1.90 bits per heavy atom. The third kappa shape index (κ3) is 4.58. The topological polar surface area (TPSA) is 87.7 Å². The lowest BCUT2D eigenvalue weighted by molar-refractivity contribution is 0.0853. The summed E-state index contributed by atoms with van der Waals surface area (Å²) in [5.74, 6) is -0.112. The van der Waals surface area contributed by atoms with Gasteiger partial charge in [0.15, 0.2) is 0 Å². The average molecular weight is 470 g/mol. The first kappa shape index (κ1) is 21.4. The van der Waals surface area contributed by atoms with Gasteiger partial charge in [0.2, 0.25) is 0 Å². The van der Waals surface area contributed by atoms with Crippen LogP contribution in [-0.2, 0) is 14.9 Å². The number of amides is 1. The zero-order valence-electron chi connectivity index (χ0n) is 16.0. The SMILES string of the molecule is O=C(Nc1cc(Cl)cc(C2CCOCC2)c1)c1cc(N2CCNS2(=O)=O)ccc1Cl. The molecule has 2 aromatic rings. The first-order valence-electron chi connectivity index (χ1n) is 9.60. The number of anilines is 2. The van der Waals surface area contributed by atoms with Crippen molar-refractivity contribution >= 4 is 50.7 Å². The van der Waals surface area contributed by atoms with Crippen LogP contribution < -0.4 is 14.3 Å². The van der Waals surface area contributed by atoms with Crippen molar-refractivity contribution in [2.45, 2.75) is 18.8 Å². The van der Waals surface area contributed by atoms with E-state index in [-0.39, 0.29) is 17.1 Å². The molecule has 2 saturated heterocycles. The van der Waals surface area contributed by atoms with Crippen LogP contribution in [0.3, 0.4) is 0 Å². The lowest BCUT2D eigenvalue weighted by Crippen LogP contribution is -2.29. The van der Waals surface area contributed by atoms with Crippen molar-refractivity contribution in [3.8, 4) is 0 Å². The van der Waals surface area contributed by atoms with Gasteiger partial charge in [-0.05, 0) is 60.7 Å². The van der Waals surface area contributed by atoms with E-state index >= 15 is 0 Å². The molecule has 2 heterocycles. The molecule has 4 rings (SSSR count). The molecular formula is C20H21Cl2N3O4S. The minimum absolute atomic E-state index is 0.184. The molecule has 30 heavy (non-hydrogen) atoms. The van der Waals surface area contributed by atoms with Gasteiger partial charge in [0.25, 0.3) is 5.91 Å². The molecule has 0 aliphatic carbocycles. The third-order valence-electron chi connectivity index (χ3n) is 5.24. The molecule has 2 aliphatic heterocycles. The number of carbonyl (C=O) groups is 1. The van der Waals surface area contributed by atoms with Gasteiger partial charge in [0.1, 0.15) is 0 Å². The zero-order valence-corrected chi connectivity index (χ0v) is 18.4. The highest BCUT2D eigenvalue weighted by atomic mass is 35.5. The summed E-state index contributed by atoms with van der Waals surface area (Å²) >= 11 is 12.5. The van der Waals surface area contributed by atoms with Gasteiger partial charge in [-0.1, -0.05) is 23.2 Å². The Kier molecular flexibility index (Phi) is 6.22. The molecule has 7 nitrogen and oxygen atoms in total. The van der Waals surface area contributed by atoms with E-state index in [1.54, 1.807) is 12.1 Å². The van der Waals surface area contributed by atoms with Crippen LogP contribution in [0, 0.1) is 0 Å². The molecule has 0 atom stereocenters. The lowest BCUT2D eigenvalue weighted by atomic mass is 9.91. The van der Waals surface area contributed by atoms with Crippen LogP contribution in [0.4, 0.5) is 11.4 Å². The van der Waals surface area contributed by atoms with E-state index in [9.17, 15) is 13.2 Å². The smallest absolute Gasteiger partial charge is 0.301 e. The predicted octanol–water partition coefficient (Wildman–Crippen LogP) is 3.79. The van der Waals surface area contributed by atoms with E-state index in [1.807, 2.05) is 12.1 Å². The molecule has 2 aliphatic rings. The Balaban J connectivity index is 1.58. The van der Waals surface area contributed by atoms with Gasteiger partial charge in [-0.2, -0.15) is 13.1 Å². The van der Waals surface area contributed by atoms with Crippen LogP contribution in [0.15, 0.2) is 36.4 Å². The second kappa shape index (κ2) is 8.72. The molecule has 2 N–H and O–H groups in total. The second-order valence-corrected chi connectivity index (χ2v) is 9.77. The quantitative estimate of drug-likeness (QED) is 0.712. The number of rotatable bonds is 4. The number of ether oxygens (including phenoxy) is 1. The molecule has 0 radical (unpaired) electrons. The Morgan fingerprint density at radius 1 is 1.13 bits per heavy atom. The molecule has 2 aromatic carbocycles. The van der Waals surface area contributed by atoms with Crippen molar-refractivity contribution in [1.82, 2.24) is 4.72 Å². The maximum atomic E-state index is 12.9. The molecule has 160 valence electrons. The molecule has 10 heteroatoms. The molecule has 0 spiro atoms. The Morgan fingerprint density at radius 3 is 2.60 bits per heavy atom. The summed E-state index contributed by atoms with van der Waals surface area (Å²) in [5.41, 5.74) is 2.17. The highest BCUT2D eigenvalue weighted by Crippen LogP contribution is 2.32. The number of halogens is 2. The monoisotopic (exact) mass is 469 g/mol. The van der Waals surface area contributed by atoms with Crippen LogP contribution in [0.2, 0.25) is 10.0 Å². The van der Waals surface area contributed by atoms with Crippen LogP contribution in [0.1, 0.15) is 34.7 Å². The Hall–Kier alpha value is -1.84. The van der Waals surface area contributed by atoms with Crippen molar-refractivity contribution < 1.29 is 17.9 Å². The fraction of sp³-hybridized carbons (Fsp3) is 0.350. The number of nitrogens with one attached hydrogen (secondary N) is 2. The molecule has 0 bridgehead atoms. The van der Waals surface area contributed by atoms with Crippen LogP contribution in [0.25, 0.3) is 0 Å². The third-order valence-corrected chi connectivity index (χ3v) is 7.33. The molecule has 0 saturated carbocycles. The van der Waals surface area contributed by atoms with Crippen LogP contribution >= 0.6 is 23.2 Å². The molecule has 0 unspecified atom stereocenters. The van der Waals surface area contributed by atoms with Crippen molar-refractivity contribution in [1.29, 1.82) is 0 Å². The lowest BCUT2D eigenvalue weighted by Gasteiger charge is -2.23. The molecule has 0 aromatic heterocycles. The predicted molar refractivity (Wildman–Crippen MR) is 118 cm³/mol. The van der Waals surface area contributed by atoms with Gasteiger partial charge in [-0.3, -0.25) is 9.10 Å². The summed E-state index contributed by atoms with van der Waals surface area (Å²) in [4.78, 5) is 12.9. The standard InChI is InChI=1S/C20H21Cl2N3O4S/c21-15-9-14(13-3-7-29-8-4-13)10-16(11-15)24-20(26)18-12-17(1-2-19(18)22)25-6-5-23-30(25,27)28/h1-2,9-13,23H,3-8H2,(H,24,26). The summed E-state index contributed by atoms with van der Waals surface area (Å²) in [7, 11) is -3.60. The maximum absolute atomic E-state index is 12.9. The fourth-order valence-electron chi connectivity index (χ4n) is 3.73. The van der Waals surface area contributed by atoms with Crippen molar-refractivity contribution in [2.24, 2.45) is 0 Å². The maximum Gasteiger partial charge on any atom is 0.301 e. The van der Waals surface area contributed by atoms with Gasteiger partial charge >= 0.3 is 10.2 Å². The van der Waals surface area contributed by atoms with Crippen molar-refractivity contribution in [3.05, 3.63) is 57.6 Å². The minimum atomic E-state index is -3.60. The number of hydrogen-bond donors (Lipinski definition) is 2.